The van der Waals surface area contributed by atoms with Gasteiger partial charge in [0.2, 0.25) is 0 Å². The monoisotopic (exact) mass is 286 g/mol. The summed E-state index contributed by atoms with van der Waals surface area (Å²) in [6, 6.07) is 7.69. The van der Waals surface area contributed by atoms with Crippen LogP contribution in [0.15, 0.2) is 24.3 Å². The molecule has 5 nitrogen and oxygen atoms in total. The zero-order valence-corrected chi connectivity index (χ0v) is 12.5. The molecule has 0 radical (unpaired) electrons. The van der Waals surface area contributed by atoms with E-state index in [4.69, 9.17) is 24.4 Å². The lowest BCUT2D eigenvalue weighted by molar-refractivity contribution is -0.0864. The van der Waals surface area contributed by atoms with Crippen LogP contribution in [0.5, 0.6) is 5.75 Å². The summed E-state index contributed by atoms with van der Waals surface area (Å²) >= 11 is 0. The van der Waals surface area contributed by atoms with Crippen molar-refractivity contribution in [1.29, 1.82) is 0 Å². The first-order valence-corrected chi connectivity index (χ1v) is 6.67. The predicted molar refractivity (Wildman–Crippen MR) is 77.9 cm³/mol. The molecule has 0 spiro atoms. The number of hydrogen-bond acceptors (Lipinski definition) is 5. The minimum Gasteiger partial charge on any atom is -0.496 e. The third kappa shape index (κ3) is 8.12. The lowest BCUT2D eigenvalue weighted by atomic mass is 10.1. The number of para-hydroxylation sites is 1. The van der Waals surface area contributed by atoms with Crippen LogP contribution in [0.2, 0.25) is 0 Å². The van der Waals surface area contributed by atoms with Crippen molar-refractivity contribution in [3.63, 3.8) is 0 Å². The molecule has 1 unspecified atom stereocenters. The van der Waals surface area contributed by atoms with Crippen molar-refractivity contribution < 1.29 is 24.4 Å². The minimum absolute atomic E-state index is 0.0403. The molecule has 1 aromatic carbocycles. The number of rotatable bonds is 8. The van der Waals surface area contributed by atoms with Gasteiger partial charge in [-0.25, -0.2) is 0 Å². The third-order valence-corrected chi connectivity index (χ3v) is 2.49. The summed E-state index contributed by atoms with van der Waals surface area (Å²) in [5.41, 5.74) is 1.01. The van der Waals surface area contributed by atoms with Crippen LogP contribution in [0.1, 0.15) is 18.9 Å². The van der Waals surface area contributed by atoms with Gasteiger partial charge in [-0.2, -0.15) is 0 Å². The van der Waals surface area contributed by atoms with Crippen LogP contribution >= 0.6 is 0 Å². The zero-order chi connectivity index (χ0) is 15.2. The summed E-state index contributed by atoms with van der Waals surface area (Å²) in [5, 5.41) is 17.0. The fraction of sp³-hybridized carbons (Fsp3) is 0.600. The highest BCUT2D eigenvalue weighted by Crippen LogP contribution is 2.19. The first-order valence-electron chi connectivity index (χ1n) is 6.67. The van der Waals surface area contributed by atoms with Gasteiger partial charge in [0.1, 0.15) is 12.5 Å². The average molecular weight is 286 g/mol. The van der Waals surface area contributed by atoms with Crippen molar-refractivity contribution in [2.45, 2.75) is 25.9 Å². The maximum atomic E-state index is 9.16. The zero-order valence-electron chi connectivity index (χ0n) is 12.5. The van der Waals surface area contributed by atoms with Crippen molar-refractivity contribution in [2.75, 3.05) is 34.2 Å². The first-order chi connectivity index (χ1) is 9.73. The summed E-state index contributed by atoms with van der Waals surface area (Å²) in [7, 11) is 3.18. The largest absolute Gasteiger partial charge is 0.496 e. The molecule has 0 aromatic heterocycles. The molecule has 0 saturated carbocycles. The molecule has 0 aliphatic heterocycles. The smallest absolute Gasteiger partial charge is 0.146 e. The van der Waals surface area contributed by atoms with E-state index in [1.54, 1.807) is 14.2 Å². The van der Waals surface area contributed by atoms with Gasteiger partial charge in [0, 0.05) is 20.1 Å². The Kier molecular flexibility index (Phi) is 12.1. The van der Waals surface area contributed by atoms with Crippen LogP contribution in [-0.4, -0.2) is 50.5 Å². The van der Waals surface area contributed by atoms with E-state index in [0.29, 0.717) is 13.0 Å². The number of ether oxygens (including phenoxy) is 3. The van der Waals surface area contributed by atoms with Gasteiger partial charge in [0.25, 0.3) is 0 Å². The van der Waals surface area contributed by atoms with E-state index in [0.717, 1.165) is 17.7 Å². The molecule has 0 heterocycles. The summed E-state index contributed by atoms with van der Waals surface area (Å²) < 4.78 is 15.3. The van der Waals surface area contributed by atoms with Crippen molar-refractivity contribution >= 4 is 0 Å². The van der Waals surface area contributed by atoms with Gasteiger partial charge in [0.15, 0.2) is 0 Å². The molecule has 5 heteroatoms. The summed E-state index contributed by atoms with van der Waals surface area (Å²) in [5.74, 6) is 0.807. The normalized spacial score (nSPS) is 11.4. The van der Waals surface area contributed by atoms with Crippen molar-refractivity contribution in [2.24, 2.45) is 0 Å². The molecule has 0 aliphatic rings. The Morgan fingerprint density at radius 3 is 2.30 bits per heavy atom. The molecule has 1 atom stereocenters. The Hall–Kier alpha value is -1.14. The summed E-state index contributed by atoms with van der Waals surface area (Å²) in [6.07, 6.45) is 1.21. The van der Waals surface area contributed by atoms with Crippen LogP contribution in [0, 0.1) is 0 Å². The van der Waals surface area contributed by atoms with E-state index < -0.39 is 0 Å². The van der Waals surface area contributed by atoms with Gasteiger partial charge in [-0.15, -0.1) is 0 Å². The number of hydrogen-bond donors (Lipinski definition) is 2. The predicted octanol–water partition coefficient (Wildman–Crippen LogP) is 1.61. The fourth-order valence-electron chi connectivity index (χ4n) is 1.46. The Balaban J connectivity index is 0.000000796. The fourth-order valence-corrected chi connectivity index (χ4v) is 1.46. The maximum Gasteiger partial charge on any atom is 0.146 e. The van der Waals surface area contributed by atoms with Crippen LogP contribution < -0.4 is 4.74 Å². The first kappa shape index (κ1) is 18.9. The minimum atomic E-state index is -0.267. The third-order valence-electron chi connectivity index (χ3n) is 2.49. The second kappa shape index (κ2) is 12.9. The van der Waals surface area contributed by atoms with Crippen molar-refractivity contribution in [3.8, 4) is 5.75 Å². The molecular weight excluding hydrogens is 260 g/mol. The molecule has 116 valence electrons. The van der Waals surface area contributed by atoms with Gasteiger partial charge >= 0.3 is 0 Å². The Labute approximate surface area is 121 Å². The van der Waals surface area contributed by atoms with E-state index in [-0.39, 0.29) is 19.5 Å². The van der Waals surface area contributed by atoms with Gasteiger partial charge < -0.3 is 24.4 Å². The number of methoxy groups -OCH3 is 2. The molecule has 2 N–H and O–H groups in total. The number of aliphatic hydroxyl groups is 2. The van der Waals surface area contributed by atoms with Gasteiger partial charge in [-0.1, -0.05) is 25.1 Å². The quantitative estimate of drug-likeness (QED) is 0.711. The van der Waals surface area contributed by atoms with E-state index in [9.17, 15) is 0 Å². The molecular formula is C15H26O5. The van der Waals surface area contributed by atoms with E-state index in [1.807, 2.05) is 31.2 Å². The van der Waals surface area contributed by atoms with Gasteiger partial charge in [-0.3, -0.25) is 0 Å². The van der Waals surface area contributed by atoms with Crippen LogP contribution in [0.3, 0.4) is 0 Å². The lowest BCUT2D eigenvalue weighted by Crippen LogP contribution is -2.22. The highest BCUT2D eigenvalue weighted by molar-refractivity contribution is 5.33. The second-order valence-corrected chi connectivity index (χ2v) is 4.12. The summed E-state index contributed by atoms with van der Waals surface area (Å²) in [6.45, 7) is 2.39. The number of aliphatic hydroxyl groups excluding tert-OH is 2. The van der Waals surface area contributed by atoms with E-state index in [1.165, 1.54) is 0 Å². The molecule has 1 aromatic rings. The second-order valence-electron chi connectivity index (χ2n) is 4.12. The Morgan fingerprint density at radius 2 is 1.80 bits per heavy atom. The van der Waals surface area contributed by atoms with Crippen molar-refractivity contribution in [3.05, 3.63) is 29.8 Å². The van der Waals surface area contributed by atoms with E-state index in [2.05, 4.69) is 0 Å². The highest BCUT2D eigenvalue weighted by atomic mass is 16.7. The topological polar surface area (TPSA) is 68.2 Å². The average Bonchev–Trinajstić information content (AvgIpc) is 2.52. The summed E-state index contributed by atoms with van der Waals surface area (Å²) in [4.78, 5) is 0. The lowest BCUT2D eigenvalue weighted by Gasteiger charge is -2.16. The maximum absolute atomic E-state index is 9.16. The van der Waals surface area contributed by atoms with Crippen LogP contribution in [0.25, 0.3) is 0 Å². The SMILES string of the molecule is CCCO.COCOC(CO)Cc1ccccc1OC. The Morgan fingerprint density at radius 1 is 1.15 bits per heavy atom. The van der Waals surface area contributed by atoms with Gasteiger partial charge in [0.05, 0.1) is 19.8 Å². The molecule has 0 saturated heterocycles. The van der Waals surface area contributed by atoms with Crippen LogP contribution in [-0.2, 0) is 15.9 Å². The Bertz CT molecular complexity index is 328. The molecule has 0 bridgehead atoms. The van der Waals surface area contributed by atoms with E-state index >= 15 is 0 Å². The standard InChI is InChI=1S/C12H18O4.C3H8O/c1-14-9-16-11(8-13)7-10-5-3-4-6-12(10)15-2;1-2-3-4/h3-6,11,13H,7-9H2,1-2H3;4H,2-3H2,1H3. The molecule has 1 rings (SSSR count). The number of benzene rings is 1. The molecule has 0 fully saturated rings. The molecule has 0 amide bonds. The van der Waals surface area contributed by atoms with Crippen LogP contribution in [0.4, 0.5) is 0 Å². The highest BCUT2D eigenvalue weighted by Gasteiger charge is 2.11. The molecule has 20 heavy (non-hydrogen) atoms. The van der Waals surface area contributed by atoms with Gasteiger partial charge in [-0.05, 0) is 18.1 Å². The van der Waals surface area contributed by atoms with Crippen molar-refractivity contribution in [1.82, 2.24) is 0 Å². The molecule has 0 aliphatic carbocycles.